The molecule has 0 bridgehead atoms. The number of rotatable bonds is 6. The lowest BCUT2D eigenvalue weighted by molar-refractivity contribution is 0.0727. The van der Waals surface area contributed by atoms with E-state index in [2.05, 4.69) is 10.3 Å². The van der Waals surface area contributed by atoms with Gasteiger partial charge in [0, 0.05) is 19.7 Å². The molecule has 0 aliphatic rings. The fourth-order valence-corrected chi connectivity index (χ4v) is 1.09. The van der Waals surface area contributed by atoms with E-state index in [0.29, 0.717) is 19.0 Å². The molecule has 1 atom stereocenters. The SMILES string of the molecule is COCC(O)CNc1ccc(OC)nc1. The Bertz CT molecular complexity index is 277. The Labute approximate surface area is 89.0 Å². The molecule has 15 heavy (non-hydrogen) atoms. The molecule has 0 aromatic carbocycles. The molecular weight excluding hydrogens is 196 g/mol. The average molecular weight is 212 g/mol. The Hall–Kier alpha value is -1.33. The lowest BCUT2D eigenvalue weighted by Crippen LogP contribution is -2.24. The topological polar surface area (TPSA) is 63.6 Å². The van der Waals surface area contributed by atoms with Crippen LogP contribution in [-0.4, -0.2) is 43.6 Å². The summed E-state index contributed by atoms with van der Waals surface area (Å²) in [5.74, 6) is 0.568. The summed E-state index contributed by atoms with van der Waals surface area (Å²) in [5, 5.41) is 12.4. The van der Waals surface area contributed by atoms with Gasteiger partial charge >= 0.3 is 0 Å². The van der Waals surface area contributed by atoms with Crippen LogP contribution in [0.1, 0.15) is 0 Å². The van der Waals surface area contributed by atoms with Crippen LogP contribution >= 0.6 is 0 Å². The second kappa shape index (κ2) is 6.21. The predicted molar refractivity (Wildman–Crippen MR) is 57.2 cm³/mol. The van der Waals surface area contributed by atoms with Gasteiger partial charge in [0.15, 0.2) is 0 Å². The number of aromatic nitrogens is 1. The maximum Gasteiger partial charge on any atom is 0.213 e. The minimum Gasteiger partial charge on any atom is -0.481 e. The number of hydrogen-bond acceptors (Lipinski definition) is 5. The van der Waals surface area contributed by atoms with Gasteiger partial charge < -0.3 is 19.9 Å². The standard InChI is InChI=1S/C10H16N2O3/c1-14-7-9(13)6-11-8-3-4-10(15-2)12-5-8/h3-5,9,11,13H,6-7H2,1-2H3. The highest BCUT2D eigenvalue weighted by Crippen LogP contribution is 2.10. The largest absolute Gasteiger partial charge is 0.481 e. The van der Waals surface area contributed by atoms with Gasteiger partial charge in [-0.15, -0.1) is 0 Å². The van der Waals surface area contributed by atoms with Gasteiger partial charge in [0.1, 0.15) is 0 Å². The second-order valence-corrected chi connectivity index (χ2v) is 3.08. The molecule has 5 nitrogen and oxygen atoms in total. The molecule has 84 valence electrons. The summed E-state index contributed by atoms with van der Waals surface area (Å²) in [7, 11) is 3.12. The lowest BCUT2D eigenvalue weighted by atomic mass is 10.3. The molecule has 0 amide bonds. The maximum absolute atomic E-state index is 9.38. The van der Waals surface area contributed by atoms with Crippen molar-refractivity contribution in [1.29, 1.82) is 0 Å². The number of aliphatic hydroxyl groups is 1. The molecular formula is C10H16N2O3. The van der Waals surface area contributed by atoms with Crippen molar-refractivity contribution < 1.29 is 14.6 Å². The first-order chi connectivity index (χ1) is 7.26. The minimum absolute atomic E-state index is 0.316. The summed E-state index contributed by atoms with van der Waals surface area (Å²) in [4.78, 5) is 4.02. The van der Waals surface area contributed by atoms with E-state index in [1.165, 1.54) is 0 Å². The van der Waals surface area contributed by atoms with E-state index in [9.17, 15) is 5.11 Å². The van der Waals surface area contributed by atoms with E-state index >= 15 is 0 Å². The van der Waals surface area contributed by atoms with E-state index in [-0.39, 0.29) is 0 Å². The van der Waals surface area contributed by atoms with Crippen molar-refractivity contribution in [2.75, 3.05) is 32.7 Å². The summed E-state index contributed by atoms with van der Waals surface area (Å²) in [5.41, 5.74) is 0.839. The van der Waals surface area contributed by atoms with Gasteiger partial charge in [-0.1, -0.05) is 0 Å². The monoisotopic (exact) mass is 212 g/mol. The van der Waals surface area contributed by atoms with Crippen molar-refractivity contribution in [2.24, 2.45) is 0 Å². The number of nitrogens with zero attached hydrogens (tertiary/aromatic N) is 1. The van der Waals surface area contributed by atoms with Crippen LogP contribution in [0.15, 0.2) is 18.3 Å². The molecule has 0 saturated carbocycles. The Kier molecular flexibility index (Phi) is 4.86. The Balaban J connectivity index is 2.37. The molecule has 0 aliphatic heterocycles. The molecule has 0 spiro atoms. The fraction of sp³-hybridized carbons (Fsp3) is 0.500. The molecule has 2 N–H and O–H groups in total. The molecule has 1 aromatic rings. The van der Waals surface area contributed by atoms with Crippen molar-refractivity contribution in [3.05, 3.63) is 18.3 Å². The summed E-state index contributed by atoms with van der Waals surface area (Å²) >= 11 is 0. The van der Waals surface area contributed by atoms with E-state index in [1.54, 1.807) is 26.5 Å². The van der Waals surface area contributed by atoms with Crippen LogP contribution in [-0.2, 0) is 4.74 Å². The zero-order valence-corrected chi connectivity index (χ0v) is 8.93. The molecule has 1 rings (SSSR count). The van der Waals surface area contributed by atoms with E-state index in [1.807, 2.05) is 6.07 Å². The first-order valence-corrected chi connectivity index (χ1v) is 4.67. The molecule has 0 saturated heterocycles. The highest BCUT2D eigenvalue weighted by Gasteiger charge is 2.02. The van der Waals surface area contributed by atoms with Crippen LogP contribution in [0.2, 0.25) is 0 Å². The third kappa shape index (κ3) is 4.14. The Morgan fingerprint density at radius 3 is 2.80 bits per heavy atom. The third-order valence-electron chi connectivity index (χ3n) is 1.85. The lowest BCUT2D eigenvalue weighted by Gasteiger charge is -2.11. The van der Waals surface area contributed by atoms with Crippen molar-refractivity contribution in [3.8, 4) is 5.88 Å². The molecule has 1 heterocycles. The van der Waals surface area contributed by atoms with Crippen LogP contribution < -0.4 is 10.1 Å². The molecule has 5 heteroatoms. The highest BCUT2D eigenvalue weighted by atomic mass is 16.5. The number of ether oxygens (including phenoxy) is 2. The number of anilines is 1. The quantitative estimate of drug-likeness (QED) is 0.719. The van der Waals surface area contributed by atoms with E-state index in [0.717, 1.165) is 5.69 Å². The van der Waals surface area contributed by atoms with E-state index < -0.39 is 6.10 Å². The molecule has 0 fully saturated rings. The maximum atomic E-state index is 9.38. The van der Waals surface area contributed by atoms with Crippen LogP contribution in [0.3, 0.4) is 0 Å². The van der Waals surface area contributed by atoms with Crippen molar-refractivity contribution in [2.45, 2.75) is 6.10 Å². The van der Waals surface area contributed by atoms with Crippen molar-refractivity contribution in [3.63, 3.8) is 0 Å². The second-order valence-electron chi connectivity index (χ2n) is 3.08. The summed E-state index contributed by atoms with van der Waals surface area (Å²) in [6, 6.07) is 3.59. The number of hydrogen-bond donors (Lipinski definition) is 2. The molecule has 1 aromatic heterocycles. The van der Waals surface area contributed by atoms with Crippen molar-refractivity contribution >= 4 is 5.69 Å². The molecule has 0 radical (unpaired) electrons. The van der Waals surface area contributed by atoms with Gasteiger partial charge in [0.05, 0.1) is 31.7 Å². The van der Waals surface area contributed by atoms with Gasteiger partial charge in [-0.3, -0.25) is 0 Å². The smallest absolute Gasteiger partial charge is 0.213 e. The number of methoxy groups -OCH3 is 2. The summed E-state index contributed by atoms with van der Waals surface area (Å²) < 4.78 is 9.73. The zero-order valence-electron chi connectivity index (χ0n) is 8.93. The van der Waals surface area contributed by atoms with Crippen molar-refractivity contribution in [1.82, 2.24) is 4.98 Å². The zero-order chi connectivity index (χ0) is 11.1. The summed E-state index contributed by atoms with van der Waals surface area (Å²) in [6.45, 7) is 0.748. The highest BCUT2D eigenvalue weighted by molar-refractivity contribution is 5.42. The van der Waals surface area contributed by atoms with Gasteiger partial charge in [-0.25, -0.2) is 4.98 Å². The van der Waals surface area contributed by atoms with Gasteiger partial charge in [-0.2, -0.15) is 0 Å². The first-order valence-electron chi connectivity index (χ1n) is 4.67. The fourth-order valence-electron chi connectivity index (χ4n) is 1.09. The Morgan fingerprint density at radius 2 is 2.27 bits per heavy atom. The Morgan fingerprint density at radius 1 is 1.47 bits per heavy atom. The normalized spacial score (nSPS) is 12.2. The van der Waals surface area contributed by atoms with Crippen LogP contribution in [0.4, 0.5) is 5.69 Å². The van der Waals surface area contributed by atoms with Gasteiger partial charge in [0.25, 0.3) is 0 Å². The van der Waals surface area contributed by atoms with Crippen LogP contribution in [0, 0.1) is 0 Å². The van der Waals surface area contributed by atoms with Gasteiger partial charge in [-0.05, 0) is 6.07 Å². The number of pyridine rings is 1. The number of nitrogens with one attached hydrogen (secondary N) is 1. The first kappa shape index (κ1) is 11.7. The van der Waals surface area contributed by atoms with Crippen LogP contribution in [0.25, 0.3) is 0 Å². The predicted octanol–water partition coefficient (Wildman–Crippen LogP) is 0.509. The number of aliphatic hydroxyl groups excluding tert-OH is 1. The van der Waals surface area contributed by atoms with Crippen LogP contribution in [0.5, 0.6) is 5.88 Å². The average Bonchev–Trinajstić information content (AvgIpc) is 2.27. The van der Waals surface area contributed by atoms with E-state index in [4.69, 9.17) is 9.47 Å². The molecule has 1 unspecified atom stereocenters. The molecule has 0 aliphatic carbocycles. The minimum atomic E-state index is -0.517. The van der Waals surface area contributed by atoms with Gasteiger partial charge in [0.2, 0.25) is 5.88 Å². The third-order valence-corrected chi connectivity index (χ3v) is 1.85. The summed E-state index contributed by atoms with van der Waals surface area (Å²) in [6.07, 6.45) is 1.13.